The summed E-state index contributed by atoms with van der Waals surface area (Å²) < 4.78 is 5.94. The Morgan fingerprint density at radius 1 is 1.27 bits per heavy atom. The normalized spacial score (nSPS) is 23.5. The molecule has 6 nitrogen and oxygen atoms in total. The highest BCUT2D eigenvalue weighted by atomic mass is 35.5. The number of rotatable bonds is 3. The van der Waals surface area contributed by atoms with Gasteiger partial charge in [0, 0.05) is 43.6 Å². The number of piperidine rings is 1. The van der Waals surface area contributed by atoms with Crippen molar-refractivity contribution in [2.24, 2.45) is 0 Å². The molecule has 26 heavy (non-hydrogen) atoms. The molecule has 0 unspecified atom stereocenters. The summed E-state index contributed by atoms with van der Waals surface area (Å²) in [6.45, 7) is 3.62. The van der Waals surface area contributed by atoms with Gasteiger partial charge >= 0.3 is 0 Å². The van der Waals surface area contributed by atoms with Gasteiger partial charge in [-0.3, -0.25) is 14.7 Å². The van der Waals surface area contributed by atoms with E-state index < -0.39 is 0 Å². The second-order valence-corrected chi connectivity index (χ2v) is 7.09. The van der Waals surface area contributed by atoms with Crippen LogP contribution >= 0.6 is 11.6 Å². The minimum absolute atomic E-state index is 0.0227. The van der Waals surface area contributed by atoms with E-state index in [1.807, 2.05) is 29.2 Å². The van der Waals surface area contributed by atoms with E-state index >= 15 is 0 Å². The fourth-order valence-corrected chi connectivity index (χ4v) is 3.95. The Balaban J connectivity index is 1.50. The van der Waals surface area contributed by atoms with Crippen molar-refractivity contribution in [3.8, 4) is 0 Å². The maximum absolute atomic E-state index is 12.9. The maximum Gasteiger partial charge on any atom is 0.274 e. The van der Waals surface area contributed by atoms with Gasteiger partial charge in [-0.25, -0.2) is 4.98 Å². The largest absolute Gasteiger partial charge is 0.374 e. The molecule has 0 radical (unpaired) electrons. The molecule has 1 amide bonds. The van der Waals surface area contributed by atoms with Crippen molar-refractivity contribution in [1.82, 2.24) is 19.8 Å². The molecule has 2 saturated heterocycles. The number of likely N-dealkylation sites (tertiary alicyclic amines) is 1. The first-order valence-corrected chi connectivity index (χ1v) is 9.24. The van der Waals surface area contributed by atoms with Crippen LogP contribution in [0.5, 0.6) is 0 Å². The number of carbonyl (C=O) groups excluding carboxylic acids is 1. The number of hydrogen-bond acceptors (Lipinski definition) is 5. The lowest BCUT2D eigenvalue weighted by molar-refractivity contribution is -0.0915. The van der Waals surface area contributed by atoms with Crippen molar-refractivity contribution in [3.63, 3.8) is 0 Å². The number of morpholine rings is 1. The summed E-state index contributed by atoms with van der Waals surface area (Å²) in [6, 6.07) is 7.93. The predicted molar refractivity (Wildman–Crippen MR) is 97.9 cm³/mol. The predicted octanol–water partition coefficient (Wildman–Crippen LogP) is 2.25. The molecule has 0 saturated carbocycles. The van der Waals surface area contributed by atoms with Crippen LogP contribution in [0.25, 0.3) is 0 Å². The number of halogens is 1. The minimum Gasteiger partial charge on any atom is -0.374 e. The van der Waals surface area contributed by atoms with Crippen LogP contribution in [0.3, 0.4) is 0 Å². The molecule has 0 N–H and O–H groups in total. The van der Waals surface area contributed by atoms with Gasteiger partial charge in [0.05, 0.1) is 24.9 Å². The Kier molecular flexibility index (Phi) is 5.15. The van der Waals surface area contributed by atoms with E-state index in [4.69, 9.17) is 16.3 Å². The lowest BCUT2D eigenvalue weighted by atomic mass is 9.97. The third kappa shape index (κ3) is 3.58. The molecule has 2 aliphatic heterocycles. The van der Waals surface area contributed by atoms with Crippen LogP contribution in [-0.4, -0.2) is 64.1 Å². The van der Waals surface area contributed by atoms with Crippen molar-refractivity contribution < 1.29 is 9.53 Å². The number of hydrogen-bond donors (Lipinski definition) is 0. The highest BCUT2D eigenvalue weighted by Gasteiger charge is 2.39. The van der Waals surface area contributed by atoms with Crippen molar-refractivity contribution >= 4 is 17.5 Å². The van der Waals surface area contributed by atoms with Gasteiger partial charge in [0.15, 0.2) is 0 Å². The molecule has 3 heterocycles. The van der Waals surface area contributed by atoms with E-state index in [0.717, 1.165) is 36.6 Å². The second kappa shape index (κ2) is 7.70. The van der Waals surface area contributed by atoms with Crippen molar-refractivity contribution in [1.29, 1.82) is 0 Å². The third-order valence-electron chi connectivity index (χ3n) is 5.06. The molecule has 2 aliphatic rings. The van der Waals surface area contributed by atoms with Gasteiger partial charge in [0.2, 0.25) is 0 Å². The van der Waals surface area contributed by atoms with E-state index in [-0.39, 0.29) is 18.1 Å². The summed E-state index contributed by atoms with van der Waals surface area (Å²) in [5.41, 5.74) is 1.49. The standard InChI is InChI=1S/C19H21ClN4O2/c20-15-4-2-1-3-14(15)12-23-8-5-18-17(13-23)24(9-10-26-18)19(25)16-11-21-6-7-22-16/h1-4,6-7,11,17-18H,5,8-10,12-13H2/t17-,18+/m1/s1. The van der Waals surface area contributed by atoms with Crippen LogP contribution in [0.1, 0.15) is 22.5 Å². The van der Waals surface area contributed by atoms with Crippen LogP contribution in [-0.2, 0) is 11.3 Å². The Morgan fingerprint density at radius 3 is 2.96 bits per heavy atom. The second-order valence-electron chi connectivity index (χ2n) is 6.68. The first-order valence-electron chi connectivity index (χ1n) is 8.87. The fourth-order valence-electron chi connectivity index (χ4n) is 3.76. The number of carbonyl (C=O) groups is 1. The van der Waals surface area contributed by atoms with Gasteiger partial charge in [0.25, 0.3) is 5.91 Å². The van der Waals surface area contributed by atoms with Gasteiger partial charge < -0.3 is 9.64 Å². The minimum atomic E-state index is -0.0732. The third-order valence-corrected chi connectivity index (χ3v) is 5.43. The first-order chi connectivity index (χ1) is 12.7. The number of benzene rings is 1. The average molecular weight is 373 g/mol. The molecular formula is C19H21ClN4O2. The molecule has 0 bridgehead atoms. The Bertz CT molecular complexity index is 773. The molecule has 2 aromatic rings. The van der Waals surface area contributed by atoms with Crippen molar-refractivity contribution in [2.75, 3.05) is 26.2 Å². The maximum atomic E-state index is 12.9. The average Bonchev–Trinajstić information content (AvgIpc) is 2.69. The van der Waals surface area contributed by atoms with Gasteiger partial charge in [-0.05, 0) is 18.1 Å². The molecule has 1 aromatic carbocycles. The molecule has 0 spiro atoms. The number of ether oxygens (including phenoxy) is 1. The number of amides is 1. The number of aromatic nitrogens is 2. The van der Waals surface area contributed by atoms with E-state index in [0.29, 0.717) is 18.8 Å². The summed E-state index contributed by atoms with van der Waals surface area (Å²) in [7, 11) is 0. The smallest absolute Gasteiger partial charge is 0.274 e. The zero-order valence-corrected chi connectivity index (χ0v) is 15.2. The van der Waals surface area contributed by atoms with E-state index in [2.05, 4.69) is 14.9 Å². The number of nitrogens with zero attached hydrogens (tertiary/aromatic N) is 4. The van der Waals surface area contributed by atoms with Gasteiger partial charge in [0.1, 0.15) is 5.69 Å². The van der Waals surface area contributed by atoms with Gasteiger partial charge in [-0.1, -0.05) is 29.8 Å². The van der Waals surface area contributed by atoms with Crippen LogP contribution in [0.4, 0.5) is 0 Å². The quantitative estimate of drug-likeness (QED) is 0.827. The van der Waals surface area contributed by atoms with Gasteiger partial charge in [-0.15, -0.1) is 0 Å². The zero-order chi connectivity index (χ0) is 17.9. The summed E-state index contributed by atoms with van der Waals surface area (Å²) in [6.07, 6.45) is 5.63. The summed E-state index contributed by atoms with van der Waals surface area (Å²) in [4.78, 5) is 25.3. The molecule has 2 fully saturated rings. The van der Waals surface area contributed by atoms with E-state index in [1.54, 1.807) is 12.4 Å². The Morgan fingerprint density at radius 2 is 2.15 bits per heavy atom. The fraction of sp³-hybridized carbons (Fsp3) is 0.421. The highest BCUT2D eigenvalue weighted by molar-refractivity contribution is 6.31. The molecule has 1 aromatic heterocycles. The Labute approximate surface area is 157 Å². The van der Waals surface area contributed by atoms with Crippen molar-refractivity contribution in [3.05, 3.63) is 59.1 Å². The lowest BCUT2D eigenvalue weighted by Gasteiger charge is -2.47. The van der Waals surface area contributed by atoms with E-state index in [1.165, 1.54) is 6.20 Å². The highest BCUT2D eigenvalue weighted by Crippen LogP contribution is 2.26. The van der Waals surface area contributed by atoms with Crippen LogP contribution < -0.4 is 0 Å². The molecular weight excluding hydrogens is 352 g/mol. The number of fused-ring (bicyclic) bond motifs is 1. The molecule has 2 atom stereocenters. The van der Waals surface area contributed by atoms with Crippen LogP contribution in [0.15, 0.2) is 42.9 Å². The molecule has 136 valence electrons. The Hall–Kier alpha value is -2.02. The molecule has 0 aliphatic carbocycles. The summed E-state index contributed by atoms with van der Waals surface area (Å²) >= 11 is 6.31. The molecule has 4 rings (SSSR count). The van der Waals surface area contributed by atoms with Crippen LogP contribution in [0, 0.1) is 0 Å². The first kappa shape index (κ1) is 17.4. The monoisotopic (exact) mass is 372 g/mol. The van der Waals surface area contributed by atoms with Crippen LogP contribution in [0.2, 0.25) is 5.02 Å². The molecule has 7 heteroatoms. The topological polar surface area (TPSA) is 58.6 Å². The van der Waals surface area contributed by atoms with Gasteiger partial charge in [-0.2, -0.15) is 0 Å². The summed E-state index contributed by atoms with van der Waals surface area (Å²) in [5.74, 6) is -0.0732. The SMILES string of the molecule is O=C(c1cnccn1)N1CCO[C@H]2CCN(Cc3ccccc3Cl)C[C@H]21. The lowest BCUT2D eigenvalue weighted by Crippen LogP contribution is -2.61. The zero-order valence-electron chi connectivity index (χ0n) is 14.4. The summed E-state index contributed by atoms with van der Waals surface area (Å²) in [5, 5.41) is 0.780. The van der Waals surface area contributed by atoms with Crippen molar-refractivity contribution in [2.45, 2.75) is 25.1 Å². The van der Waals surface area contributed by atoms with E-state index in [9.17, 15) is 4.79 Å².